The van der Waals surface area contributed by atoms with E-state index in [0.717, 1.165) is 14.3 Å². The van der Waals surface area contributed by atoms with Crippen molar-refractivity contribution in [2.45, 2.75) is 11.4 Å². The predicted molar refractivity (Wildman–Crippen MR) is 105 cm³/mol. The van der Waals surface area contributed by atoms with Crippen LogP contribution in [0.4, 0.5) is 0 Å². The van der Waals surface area contributed by atoms with E-state index in [9.17, 15) is 13.2 Å². The fraction of sp³-hybridized carbons (Fsp3) is 0.278. The van der Waals surface area contributed by atoms with Gasteiger partial charge in [0.1, 0.15) is 0 Å². The largest absolute Gasteiger partial charge is 0.493 e. The number of halogens is 1. The maximum absolute atomic E-state index is 12.5. The smallest absolute Gasteiger partial charge is 0.243 e. The van der Waals surface area contributed by atoms with Gasteiger partial charge in [0.15, 0.2) is 11.5 Å². The molecule has 0 atom stereocenters. The number of methoxy groups -OCH3 is 2. The van der Waals surface area contributed by atoms with Crippen LogP contribution in [0.2, 0.25) is 0 Å². The van der Waals surface area contributed by atoms with E-state index in [-0.39, 0.29) is 18.0 Å². The Balaban J connectivity index is 1.98. The van der Waals surface area contributed by atoms with E-state index in [0.29, 0.717) is 11.5 Å². The van der Waals surface area contributed by atoms with Crippen molar-refractivity contribution >= 4 is 31.9 Å². The molecule has 27 heavy (non-hydrogen) atoms. The lowest BCUT2D eigenvalue weighted by atomic mass is 10.2. The lowest BCUT2D eigenvalue weighted by molar-refractivity contribution is -0.121. The van der Waals surface area contributed by atoms with Gasteiger partial charge in [-0.15, -0.1) is 0 Å². The van der Waals surface area contributed by atoms with Crippen LogP contribution in [0.3, 0.4) is 0 Å². The van der Waals surface area contributed by atoms with Gasteiger partial charge in [0.2, 0.25) is 15.9 Å². The van der Waals surface area contributed by atoms with Crippen LogP contribution in [0, 0.1) is 0 Å². The van der Waals surface area contributed by atoms with Gasteiger partial charge in [0.25, 0.3) is 0 Å². The Morgan fingerprint density at radius 1 is 1.07 bits per heavy atom. The minimum absolute atomic E-state index is 0.126. The van der Waals surface area contributed by atoms with Gasteiger partial charge in [-0.2, -0.15) is 4.31 Å². The molecule has 0 spiro atoms. The molecule has 1 N–H and O–H groups in total. The highest BCUT2D eigenvalue weighted by molar-refractivity contribution is 9.10. The first kappa shape index (κ1) is 21.2. The fourth-order valence-corrected chi connectivity index (χ4v) is 3.71. The number of nitrogens with one attached hydrogen (secondary N) is 1. The Morgan fingerprint density at radius 2 is 1.70 bits per heavy atom. The van der Waals surface area contributed by atoms with E-state index in [1.165, 1.54) is 26.3 Å². The van der Waals surface area contributed by atoms with E-state index in [1.807, 2.05) is 0 Å². The summed E-state index contributed by atoms with van der Waals surface area (Å²) in [7, 11) is 0.703. The van der Waals surface area contributed by atoms with Crippen molar-refractivity contribution in [3.8, 4) is 11.5 Å². The first-order valence-corrected chi connectivity index (χ1v) is 10.2. The standard InChI is InChI=1S/C18H21BrN2O5S/c1-21(27(23,24)15-7-5-14(19)6-8-15)12-18(22)20-11-13-4-9-16(25-2)17(10-13)26-3/h4-10H,11-12H2,1-3H3,(H,20,22). The Kier molecular flexibility index (Phi) is 7.23. The number of benzene rings is 2. The molecule has 0 saturated heterocycles. The van der Waals surface area contributed by atoms with Crippen LogP contribution >= 0.6 is 15.9 Å². The van der Waals surface area contributed by atoms with Crippen molar-refractivity contribution in [3.05, 3.63) is 52.5 Å². The fourth-order valence-electron chi connectivity index (χ4n) is 2.32. The number of rotatable bonds is 8. The van der Waals surface area contributed by atoms with Gasteiger partial charge in [-0.05, 0) is 42.0 Å². The molecule has 0 aliphatic rings. The Morgan fingerprint density at radius 3 is 2.30 bits per heavy atom. The zero-order valence-corrected chi connectivity index (χ0v) is 17.6. The van der Waals surface area contributed by atoms with E-state index in [1.54, 1.807) is 37.4 Å². The van der Waals surface area contributed by atoms with Gasteiger partial charge in [0.05, 0.1) is 25.7 Å². The van der Waals surface area contributed by atoms with Crippen LogP contribution in [0.5, 0.6) is 11.5 Å². The molecule has 2 rings (SSSR count). The summed E-state index contributed by atoms with van der Waals surface area (Å²) in [6.07, 6.45) is 0. The van der Waals surface area contributed by atoms with Crippen molar-refractivity contribution in [1.29, 1.82) is 0 Å². The van der Waals surface area contributed by atoms with Gasteiger partial charge in [0, 0.05) is 18.1 Å². The highest BCUT2D eigenvalue weighted by Crippen LogP contribution is 2.27. The summed E-state index contributed by atoms with van der Waals surface area (Å²) < 4.78 is 37.2. The molecular formula is C18H21BrN2O5S. The molecule has 146 valence electrons. The van der Waals surface area contributed by atoms with E-state index in [2.05, 4.69) is 21.2 Å². The van der Waals surface area contributed by atoms with Gasteiger partial charge in [-0.1, -0.05) is 22.0 Å². The topological polar surface area (TPSA) is 84.9 Å². The van der Waals surface area contributed by atoms with Gasteiger partial charge in [-0.3, -0.25) is 4.79 Å². The third-order valence-corrected chi connectivity index (χ3v) is 6.17. The van der Waals surface area contributed by atoms with E-state index >= 15 is 0 Å². The maximum Gasteiger partial charge on any atom is 0.243 e. The summed E-state index contributed by atoms with van der Waals surface area (Å²) in [5, 5.41) is 2.70. The second-order valence-corrected chi connectivity index (χ2v) is 8.64. The monoisotopic (exact) mass is 456 g/mol. The molecule has 0 aliphatic carbocycles. The van der Waals surface area contributed by atoms with Crippen molar-refractivity contribution in [2.75, 3.05) is 27.8 Å². The second kappa shape index (κ2) is 9.20. The van der Waals surface area contributed by atoms with Crippen LogP contribution in [-0.2, 0) is 21.4 Å². The molecule has 1 amide bonds. The summed E-state index contributed by atoms with van der Waals surface area (Å²) >= 11 is 3.26. The van der Waals surface area contributed by atoms with Crippen LogP contribution < -0.4 is 14.8 Å². The van der Waals surface area contributed by atoms with Gasteiger partial charge < -0.3 is 14.8 Å². The predicted octanol–water partition coefficient (Wildman–Crippen LogP) is 2.40. The minimum atomic E-state index is -3.74. The summed E-state index contributed by atoms with van der Waals surface area (Å²) in [6.45, 7) is -0.0446. The first-order chi connectivity index (χ1) is 12.8. The highest BCUT2D eigenvalue weighted by Gasteiger charge is 2.22. The summed E-state index contributed by atoms with van der Waals surface area (Å²) in [5.41, 5.74) is 0.805. The van der Waals surface area contributed by atoms with Crippen LogP contribution in [0.15, 0.2) is 51.8 Å². The van der Waals surface area contributed by atoms with Gasteiger partial charge >= 0.3 is 0 Å². The molecule has 0 bridgehead atoms. The van der Waals surface area contributed by atoms with E-state index < -0.39 is 15.9 Å². The summed E-state index contributed by atoms with van der Waals surface area (Å²) in [5.74, 6) is 0.736. The Labute approximate surface area is 167 Å². The summed E-state index contributed by atoms with van der Waals surface area (Å²) in [4.78, 5) is 12.3. The molecule has 0 aromatic heterocycles. The normalized spacial score (nSPS) is 11.3. The average Bonchev–Trinajstić information content (AvgIpc) is 2.66. The van der Waals surface area contributed by atoms with Crippen LogP contribution in [-0.4, -0.2) is 46.4 Å². The minimum Gasteiger partial charge on any atom is -0.493 e. The number of likely N-dealkylation sites (N-methyl/N-ethyl adjacent to an activating group) is 1. The number of hydrogen-bond acceptors (Lipinski definition) is 5. The van der Waals surface area contributed by atoms with Gasteiger partial charge in [-0.25, -0.2) is 8.42 Å². The van der Waals surface area contributed by atoms with Crippen LogP contribution in [0.25, 0.3) is 0 Å². The molecule has 0 heterocycles. The molecule has 0 radical (unpaired) electrons. The number of carbonyl (C=O) groups is 1. The average molecular weight is 457 g/mol. The van der Waals surface area contributed by atoms with Crippen molar-refractivity contribution < 1.29 is 22.7 Å². The molecule has 0 fully saturated rings. The highest BCUT2D eigenvalue weighted by atomic mass is 79.9. The molecule has 7 nitrogen and oxygen atoms in total. The van der Waals surface area contributed by atoms with Crippen LogP contribution in [0.1, 0.15) is 5.56 Å². The quantitative estimate of drug-likeness (QED) is 0.658. The van der Waals surface area contributed by atoms with Crippen molar-refractivity contribution in [3.63, 3.8) is 0 Å². The Hall–Kier alpha value is -2.10. The van der Waals surface area contributed by atoms with Crippen molar-refractivity contribution in [2.24, 2.45) is 0 Å². The van der Waals surface area contributed by atoms with Crippen molar-refractivity contribution in [1.82, 2.24) is 9.62 Å². The molecule has 0 aliphatic heterocycles. The number of nitrogens with zero attached hydrogens (tertiary/aromatic N) is 1. The molecule has 2 aromatic rings. The Bertz CT molecular complexity index is 900. The lowest BCUT2D eigenvalue weighted by Crippen LogP contribution is -2.38. The lowest BCUT2D eigenvalue weighted by Gasteiger charge is -2.17. The molecule has 9 heteroatoms. The molecular weight excluding hydrogens is 436 g/mol. The molecule has 0 saturated carbocycles. The number of carbonyl (C=O) groups excluding carboxylic acids is 1. The zero-order valence-electron chi connectivity index (χ0n) is 15.2. The molecule has 2 aromatic carbocycles. The SMILES string of the molecule is COc1ccc(CNC(=O)CN(C)S(=O)(=O)c2ccc(Br)cc2)cc1OC. The summed E-state index contributed by atoms with van der Waals surface area (Å²) in [6, 6.07) is 11.5. The third-order valence-electron chi connectivity index (χ3n) is 3.83. The molecule has 0 unspecified atom stereocenters. The number of amides is 1. The third kappa shape index (κ3) is 5.44. The number of hydrogen-bond donors (Lipinski definition) is 1. The zero-order chi connectivity index (χ0) is 20.0. The van der Waals surface area contributed by atoms with E-state index in [4.69, 9.17) is 9.47 Å². The number of ether oxygens (including phenoxy) is 2. The number of sulfonamides is 1. The maximum atomic E-state index is 12.5. The first-order valence-electron chi connectivity index (χ1n) is 7.97. The second-order valence-electron chi connectivity index (χ2n) is 5.68.